The molecule has 0 radical (unpaired) electrons. The van der Waals surface area contributed by atoms with Crippen LogP contribution in [0.5, 0.6) is 0 Å². The molecule has 0 heterocycles. The van der Waals surface area contributed by atoms with E-state index in [1.165, 1.54) is 0 Å². The Bertz CT molecular complexity index is 100. The van der Waals surface area contributed by atoms with Gasteiger partial charge in [-0.2, -0.15) is 12.6 Å². The third kappa shape index (κ3) is 4.67. The zero-order chi connectivity index (χ0) is 8.85. The normalized spacial score (nSPS) is 16.9. The van der Waals surface area contributed by atoms with Gasteiger partial charge in [-0.25, -0.2) is 0 Å². The van der Waals surface area contributed by atoms with E-state index in [1.54, 1.807) is 0 Å². The number of thiol groups is 1. The number of nitrogens with zero attached hydrogens (tertiary/aromatic N) is 1. The van der Waals surface area contributed by atoms with Gasteiger partial charge in [0.2, 0.25) is 0 Å². The molecule has 0 fully saturated rings. The number of aliphatic hydroxyl groups excluding tert-OH is 1. The van der Waals surface area contributed by atoms with Crippen LogP contribution >= 0.6 is 12.6 Å². The average Bonchev–Trinajstić information content (AvgIpc) is 2.02. The first-order valence-corrected chi connectivity index (χ1v) is 4.67. The predicted octanol–water partition coefficient (Wildman–Crippen LogP) is 0.865. The van der Waals surface area contributed by atoms with Crippen molar-refractivity contribution < 1.29 is 5.11 Å². The van der Waals surface area contributed by atoms with Crippen LogP contribution in [0, 0.1) is 5.92 Å². The molecule has 0 aliphatic carbocycles. The maximum absolute atomic E-state index is 8.83. The minimum atomic E-state index is 0.232. The summed E-state index contributed by atoms with van der Waals surface area (Å²) in [6.07, 6.45) is 0. The van der Waals surface area contributed by atoms with Crippen LogP contribution in [0.15, 0.2) is 0 Å². The Morgan fingerprint density at radius 2 is 2.00 bits per heavy atom. The fraction of sp³-hybridized carbons (Fsp3) is 1.00. The molecule has 0 saturated carbocycles. The van der Waals surface area contributed by atoms with Gasteiger partial charge in [-0.05, 0) is 25.6 Å². The molecular weight excluding hydrogens is 158 g/mol. The van der Waals surface area contributed by atoms with Gasteiger partial charge in [0, 0.05) is 12.6 Å². The van der Waals surface area contributed by atoms with Gasteiger partial charge in [0.05, 0.1) is 6.61 Å². The lowest BCUT2D eigenvalue weighted by Crippen LogP contribution is -2.35. The maximum Gasteiger partial charge on any atom is 0.0584 e. The van der Waals surface area contributed by atoms with E-state index in [0.29, 0.717) is 5.92 Å². The summed E-state index contributed by atoms with van der Waals surface area (Å²) in [6.45, 7) is 5.42. The van der Waals surface area contributed by atoms with Crippen molar-refractivity contribution in [2.75, 3.05) is 26.0 Å². The van der Waals surface area contributed by atoms with Crippen LogP contribution in [-0.4, -0.2) is 42.0 Å². The minimum absolute atomic E-state index is 0.232. The Kier molecular flexibility index (Phi) is 6.01. The smallest absolute Gasteiger partial charge is 0.0584 e. The quantitative estimate of drug-likeness (QED) is 0.609. The fourth-order valence-corrected chi connectivity index (χ4v) is 0.984. The van der Waals surface area contributed by atoms with Crippen LogP contribution in [0.4, 0.5) is 0 Å². The highest BCUT2D eigenvalue weighted by atomic mass is 32.1. The first-order chi connectivity index (χ1) is 5.11. The molecule has 0 amide bonds. The second-order valence-electron chi connectivity index (χ2n) is 3.26. The summed E-state index contributed by atoms with van der Waals surface area (Å²) >= 11 is 4.20. The second kappa shape index (κ2) is 5.86. The van der Waals surface area contributed by atoms with Crippen molar-refractivity contribution in [1.82, 2.24) is 4.90 Å². The zero-order valence-corrected chi connectivity index (χ0v) is 8.51. The first-order valence-electron chi connectivity index (χ1n) is 4.03. The van der Waals surface area contributed by atoms with E-state index in [1.807, 2.05) is 14.0 Å². The summed E-state index contributed by atoms with van der Waals surface area (Å²) < 4.78 is 0. The molecule has 1 N–H and O–H groups in total. The van der Waals surface area contributed by atoms with Crippen molar-refractivity contribution >= 4 is 12.6 Å². The van der Waals surface area contributed by atoms with Gasteiger partial charge in [0.25, 0.3) is 0 Å². The van der Waals surface area contributed by atoms with E-state index in [2.05, 4.69) is 24.5 Å². The van der Waals surface area contributed by atoms with Crippen LogP contribution in [0.25, 0.3) is 0 Å². The molecule has 0 saturated heterocycles. The molecule has 0 aromatic rings. The molecule has 3 heteroatoms. The summed E-state index contributed by atoms with van der Waals surface area (Å²) in [6, 6.07) is 0.261. The summed E-state index contributed by atoms with van der Waals surface area (Å²) in [5.74, 6) is 1.50. The van der Waals surface area contributed by atoms with E-state index in [-0.39, 0.29) is 12.6 Å². The fourth-order valence-electron chi connectivity index (χ4n) is 0.869. The van der Waals surface area contributed by atoms with Gasteiger partial charge in [0.1, 0.15) is 0 Å². The highest BCUT2D eigenvalue weighted by Crippen LogP contribution is 2.03. The van der Waals surface area contributed by atoms with E-state index < -0.39 is 0 Å². The molecule has 2 unspecified atom stereocenters. The Labute approximate surface area is 75.0 Å². The van der Waals surface area contributed by atoms with Gasteiger partial charge in [0.15, 0.2) is 0 Å². The lowest BCUT2D eigenvalue weighted by Gasteiger charge is -2.25. The average molecular weight is 177 g/mol. The number of aliphatic hydroxyl groups is 1. The number of hydrogen-bond donors (Lipinski definition) is 2. The van der Waals surface area contributed by atoms with Crippen LogP contribution < -0.4 is 0 Å². The molecule has 0 bridgehead atoms. The Hall–Kier alpha value is 0.270. The van der Waals surface area contributed by atoms with Crippen LogP contribution in [-0.2, 0) is 0 Å². The van der Waals surface area contributed by atoms with Crippen LogP contribution in [0.1, 0.15) is 13.8 Å². The van der Waals surface area contributed by atoms with Gasteiger partial charge in [-0.3, -0.25) is 0 Å². The topological polar surface area (TPSA) is 23.5 Å². The standard InChI is InChI=1S/C8H19NOS/c1-7(6-11)4-9(3)8(2)5-10/h7-8,10-11H,4-6H2,1-3H3. The molecule has 0 aromatic carbocycles. The summed E-state index contributed by atoms with van der Waals surface area (Å²) in [5.41, 5.74) is 0. The van der Waals surface area contributed by atoms with Crippen molar-refractivity contribution in [1.29, 1.82) is 0 Å². The Balaban J connectivity index is 3.58. The Morgan fingerprint density at radius 3 is 2.36 bits per heavy atom. The molecule has 11 heavy (non-hydrogen) atoms. The SMILES string of the molecule is CC(CS)CN(C)C(C)CO. The molecule has 2 nitrogen and oxygen atoms in total. The van der Waals surface area contributed by atoms with E-state index in [4.69, 9.17) is 5.11 Å². The lowest BCUT2D eigenvalue weighted by atomic mass is 10.2. The summed E-state index contributed by atoms with van der Waals surface area (Å²) in [5, 5.41) is 8.83. The van der Waals surface area contributed by atoms with Crippen molar-refractivity contribution in [2.24, 2.45) is 5.92 Å². The maximum atomic E-state index is 8.83. The van der Waals surface area contributed by atoms with Gasteiger partial charge in [-0.15, -0.1) is 0 Å². The summed E-state index contributed by atoms with van der Waals surface area (Å²) in [7, 11) is 2.03. The van der Waals surface area contributed by atoms with E-state index in [0.717, 1.165) is 12.3 Å². The minimum Gasteiger partial charge on any atom is -0.395 e. The van der Waals surface area contributed by atoms with Gasteiger partial charge in [-0.1, -0.05) is 6.92 Å². The molecule has 0 aromatic heterocycles. The lowest BCUT2D eigenvalue weighted by molar-refractivity contribution is 0.148. The largest absolute Gasteiger partial charge is 0.395 e. The molecule has 2 atom stereocenters. The molecule has 0 spiro atoms. The summed E-state index contributed by atoms with van der Waals surface area (Å²) in [4.78, 5) is 2.15. The van der Waals surface area contributed by atoms with Crippen molar-refractivity contribution in [3.63, 3.8) is 0 Å². The molecule has 0 rings (SSSR count). The highest BCUT2D eigenvalue weighted by molar-refractivity contribution is 7.80. The number of rotatable bonds is 5. The van der Waals surface area contributed by atoms with Crippen molar-refractivity contribution in [2.45, 2.75) is 19.9 Å². The third-order valence-electron chi connectivity index (χ3n) is 1.93. The first kappa shape index (κ1) is 11.3. The predicted molar refractivity (Wildman–Crippen MR) is 52.2 cm³/mol. The third-order valence-corrected chi connectivity index (χ3v) is 2.55. The van der Waals surface area contributed by atoms with Crippen molar-refractivity contribution in [3.05, 3.63) is 0 Å². The number of likely N-dealkylation sites (N-methyl/N-ethyl adjacent to an activating group) is 1. The van der Waals surface area contributed by atoms with Gasteiger partial charge >= 0.3 is 0 Å². The van der Waals surface area contributed by atoms with Crippen molar-refractivity contribution in [3.8, 4) is 0 Å². The molecule has 0 aliphatic rings. The second-order valence-corrected chi connectivity index (χ2v) is 3.62. The van der Waals surface area contributed by atoms with E-state index in [9.17, 15) is 0 Å². The number of hydrogen-bond acceptors (Lipinski definition) is 3. The van der Waals surface area contributed by atoms with Gasteiger partial charge < -0.3 is 10.0 Å². The monoisotopic (exact) mass is 177 g/mol. The molecule has 0 aliphatic heterocycles. The van der Waals surface area contributed by atoms with Crippen LogP contribution in [0.3, 0.4) is 0 Å². The molecular formula is C8H19NOS. The van der Waals surface area contributed by atoms with Crippen LogP contribution in [0.2, 0.25) is 0 Å². The highest BCUT2D eigenvalue weighted by Gasteiger charge is 2.09. The molecule has 68 valence electrons. The zero-order valence-electron chi connectivity index (χ0n) is 7.62. The van der Waals surface area contributed by atoms with E-state index >= 15 is 0 Å². The Morgan fingerprint density at radius 1 is 1.45 bits per heavy atom.